The Bertz CT molecular complexity index is 791. The zero-order valence-corrected chi connectivity index (χ0v) is 14.3. The van der Waals surface area contributed by atoms with Crippen LogP contribution in [0.25, 0.3) is 11.4 Å². The molecule has 0 fully saturated rings. The van der Waals surface area contributed by atoms with Crippen LogP contribution in [-0.4, -0.2) is 49.8 Å². The molecule has 24 heavy (non-hydrogen) atoms. The lowest BCUT2D eigenvalue weighted by Gasteiger charge is -2.23. The van der Waals surface area contributed by atoms with Crippen molar-refractivity contribution in [1.29, 1.82) is 0 Å². The minimum absolute atomic E-state index is 0.102. The lowest BCUT2D eigenvalue weighted by atomic mass is 10.1. The van der Waals surface area contributed by atoms with E-state index in [4.69, 9.17) is 14.2 Å². The first-order valence-corrected chi connectivity index (χ1v) is 7.68. The zero-order chi connectivity index (χ0) is 17.3. The average Bonchev–Trinajstić information content (AvgIpc) is 2.60. The van der Waals surface area contributed by atoms with Crippen molar-refractivity contribution in [3.8, 4) is 28.6 Å². The highest BCUT2D eigenvalue weighted by Crippen LogP contribution is 2.40. The molecule has 0 atom stereocenters. The first-order valence-electron chi connectivity index (χ1n) is 7.68. The molecule has 2 aromatic rings. The van der Waals surface area contributed by atoms with Gasteiger partial charge in [-0.1, -0.05) is 0 Å². The van der Waals surface area contributed by atoms with Gasteiger partial charge in [-0.3, -0.25) is 4.79 Å². The van der Waals surface area contributed by atoms with E-state index in [0.717, 1.165) is 24.2 Å². The van der Waals surface area contributed by atoms with Gasteiger partial charge in [0.25, 0.3) is 5.56 Å². The van der Waals surface area contributed by atoms with E-state index in [1.807, 2.05) is 7.05 Å². The number of hydrogen-bond donors (Lipinski definition) is 1. The number of nitrogens with one attached hydrogen (secondary N) is 1. The number of aromatic amines is 1. The predicted molar refractivity (Wildman–Crippen MR) is 90.0 cm³/mol. The normalized spacial score (nSPS) is 14.2. The fraction of sp³-hybridized carbons (Fsp3) is 0.412. The van der Waals surface area contributed by atoms with E-state index in [2.05, 4.69) is 14.9 Å². The number of fused-ring (bicyclic) bond motifs is 1. The summed E-state index contributed by atoms with van der Waals surface area (Å²) in [6, 6.07) is 3.56. The number of aromatic nitrogens is 2. The number of ether oxygens (including phenoxy) is 3. The molecule has 2 heterocycles. The summed E-state index contributed by atoms with van der Waals surface area (Å²) < 4.78 is 16.1. The maximum atomic E-state index is 12.4. The molecular formula is C17H21N3O4. The van der Waals surface area contributed by atoms with Gasteiger partial charge in [0, 0.05) is 25.1 Å². The highest BCUT2D eigenvalue weighted by molar-refractivity contribution is 5.66. The van der Waals surface area contributed by atoms with Crippen molar-refractivity contribution >= 4 is 0 Å². The minimum atomic E-state index is -0.102. The van der Waals surface area contributed by atoms with Crippen molar-refractivity contribution in [3.05, 3.63) is 33.7 Å². The van der Waals surface area contributed by atoms with E-state index in [0.29, 0.717) is 35.2 Å². The smallest absolute Gasteiger partial charge is 0.255 e. The van der Waals surface area contributed by atoms with Gasteiger partial charge in [0.1, 0.15) is 5.82 Å². The van der Waals surface area contributed by atoms with Gasteiger partial charge in [0.15, 0.2) is 11.5 Å². The van der Waals surface area contributed by atoms with Gasteiger partial charge in [-0.25, -0.2) is 4.98 Å². The maximum absolute atomic E-state index is 12.4. The van der Waals surface area contributed by atoms with Crippen molar-refractivity contribution < 1.29 is 14.2 Å². The second kappa shape index (κ2) is 6.52. The first kappa shape index (κ1) is 16.3. The van der Waals surface area contributed by atoms with E-state index in [1.54, 1.807) is 33.5 Å². The van der Waals surface area contributed by atoms with Crippen LogP contribution in [0.2, 0.25) is 0 Å². The lowest BCUT2D eigenvalue weighted by molar-refractivity contribution is 0.307. The number of methoxy groups -OCH3 is 3. The van der Waals surface area contributed by atoms with Crippen LogP contribution in [0, 0.1) is 0 Å². The quantitative estimate of drug-likeness (QED) is 0.914. The van der Waals surface area contributed by atoms with Crippen molar-refractivity contribution in [2.75, 3.05) is 34.9 Å². The van der Waals surface area contributed by atoms with E-state index in [9.17, 15) is 4.79 Å². The SMILES string of the molecule is COc1cc(-c2nc3c(c(=O)[nH]2)CN(C)CC3)cc(OC)c1OC. The molecule has 0 amide bonds. The van der Waals surface area contributed by atoms with Gasteiger partial charge in [-0.2, -0.15) is 0 Å². The summed E-state index contributed by atoms with van der Waals surface area (Å²) in [5.74, 6) is 2.05. The minimum Gasteiger partial charge on any atom is -0.493 e. The molecule has 0 unspecified atom stereocenters. The van der Waals surface area contributed by atoms with E-state index >= 15 is 0 Å². The van der Waals surface area contributed by atoms with Crippen LogP contribution >= 0.6 is 0 Å². The van der Waals surface area contributed by atoms with Crippen LogP contribution < -0.4 is 19.8 Å². The number of likely N-dealkylation sites (N-methyl/N-ethyl adjacent to an activating group) is 1. The fourth-order valence-corrected chi connectivity index (χ4v) is 2.91. The molecule has 1 N–H and O–H groups in total. The Kier molecular flexibility index (Phi) is 4.44. The molecule has 0 aliphatic carbocycles. The Morgan fingerprint density at radius 2 is 1.79 bits per heavy atom. The molecule has 0 bridgehead atoms. The van der Waals surface area contributed by atoms with Crippen molar-refractivity contribution in [2.24, 2.45) is 0 Å². The van der Waals surface area contributed by atoms with Gasteiger partial charge in [-0.15, -0.1) is 0 Å². The van der Waals surface area contributed by atoms with E-state index < -0.39 is 0 Å². The van der Waals surface area contributed by atoms with Gasteiger partial charge in [-0.05, 0) is 19.2 Å². The standard InChI is InChI=1S/C17H21N3O4/c1-20-6-5-12-11(9-20)17(21)19-16(18-12)10-7-13(22-2)15(24-4)14(8-10)23-3/h7-8H,5-6,9H2,1-4H3,(H,18,19,21). The van der Waals surface area contributed by atoms with Crippen LogP contribution in [0.4, 0.5) is 0 Å². The molecule has 1 aliphatic heterocycles. The van der Waals surface area contributed by atoms with Crippen LogP contribution in [0.1, 0.15) is 11.3 Å². The molecule has 128 valence electrons. The second-order valence-corrected chi connectivity index (χ2v) is 5.74. The van der Waals surface area contributed by atoms with E-state index in [-0.39, 0.29) is 5.56 Å². The average molecular weight is 331 g/mol. The molecule has 1 aromatic heterocycles. The maximum Gasteiger partial charge on any atom is 0.255 e. The Morgan fingerprint density at radius 1 is 1.12 bits per heavy atom. The monoisotopic (exact) mass is 331 g/mol. The number of rotatable bonds is 4. The van der Waals surface area contributed by atoms with Crippen molar-refractivity contribution in [3.63, 3.8) is 0 Å². The lowest BCUT2D eigenvalue weighted by Crippen LogP contribution is -2.33. The second-order valence-electron chi connectivity index (χ2n) is 5.74. The summed E-state index contributed by atoms with van der Waals surface area (Å²) in [6.45, 7) is 1.51. The molecule has 0 saturated heterocycles. The van der Waals surface area contributed by atoms with E-state index in [1.165, 1.54) is 0 Å². The molecule has 1 aliphatic rings. The number of benzene rings is 1. The highest BCUT2D eigenvalue weighted by Gasteiger charge is 2.21. The van der Waals surface area contributed by atoms with Crippen LogP contribution in [0.15, 0.2) is 16.9 Å². The Labute approximate surface area is 140 Å². The summed E-state index contributed by atoms with van der Waals surface area (Å²) in [4.78, 5) is 22.1. The molecular weight excluding hydrogens is 310 g/mol. The predicted octanol–water partition coefficient (Wildman–Crippen LogP) is 1.45. The van der Waals surface area contributed by atoms with Gasteiger partial charge >= 0.3 is 0 Å². The Hall–Kier alpha value is -2.54. The third-order valence-corrected chi connectivity index (χ3v) is 4.20. The summed E-state index contributed by atoms with van der Waals surface area (Å²) in [5.41, 5.74) is 2.19. The van der Waals surface area contributed by atoms with Crippen LogP contribution in [0.5, 0.6) is 17.2 Å². The molecule has 0 radical (unpaired) electrons. The van der Waals surface area contributed by atoms with Crippen molar-refractivity contribution in [1.82, 2.24) is 14.9 Å². The van der Waals surface area contributed by atoms with Crippen LogP contribution in [0.3, 0.4) is 0 Å². The van der Waals surface area contributed by atoms with Crippen molar-refractivity contribution in [2.45, 2.75) is 13.0 Å². The molecule has 3 rings (SSSR count). The van der Waals surface area contributed by atoms with Crippen LogP contribution in [-0.2, 0) is 13.0 Å². The first-order chi connectivity index (χ1) is 11.6. The third-order valence-electron chi connectivity index (χ3n) is 4.20. The largest absolute Gasteiger partial charge is 0.493 e. The molecule has 0 spiro atoms. The molecule has 0 saturated carbocycles. The number of H-pyrrole nitrogens is 1. The highest BCUT2D eigenvalue weighted by atomic mass is 16.5. The third kappa shape index (κ3) is 2.82. The number of nitrogens with zero attached hydrogens (tertiary/aromatic N) is 2. The van der Waals surface area contributed by atoms with Gasteiger partial charge in [0.2, 0.25) is 5.75 Å². The Morgan fingerprint density at radius 3 is 2.38 bits per heavy atom. The van der Waals surface area contributed by atoms with Gasteiger partial charge < -0.3 is 24.1 Å². The Balaban J connectivity index is 2.13. The fourth-order valence-electron chi connectivity index (χ4n) is 2.91. The molecule has 7 heteroatoms. The molecule has 7 nitrogen and oxygen atoms in total. The summed E-state index contributed by atoms with van der Waals surface area (Å²) in [6.07, 6.45) is 0.757. The summed E-state index contributed by atoms with van der Waals surface area (Å²) in [7, 11) is 6.66. The topological polar surface area (TPSA) is 76.7 Å². The zero-order valence-electron chi connectivity index (χ0n) is 14.3. The summed E-state index contributed by atoms with van der Waals surface area (Å²) >= 11 is 0. The number of hydrogen-bond acceptors (Lipinski definition) is 6. The molecule has 1 aromatic carbocycles. The van der Waals surface area contributed by atoms with Gasteiger partial charge in [0.05, 0.1) is 32.6 Å². The summed E-state index contributed by atoms with van der Waals surface area (Å²) in [5, 5.41) is 0.